The van der Waals surface area contributed by atoms with Crippen molar-refractivity contribution in [3.05, 3.63) is 46.6 Å². The minimum atomic E-state index is -3.70. The third-order valence-electron chi connectivity index (χ3n) is 4.46. The lowest BCUT2D eigenvalue weighted by atomic mass is 10.0. The Balaban J connectivity index is 4.99. The Bertz CT molecular complexity index is 610. The summed E-state index contributed by atoms with van der Waals surface area (Å²) in [4.78, 5) is 10.4. The first-order valence-electron chi connectivity index (χ1n) is 10.2. The lowest BCUT2D eigenvalue weighted by Crippen LogP contribution is -2.10. The molecule has 0 aromatic carbocycles. The Hall–Kier alpha value is -0.930. The second kappa shape index (κ2) is 15.0. The molecule has 0 aromatic rings. The predicted molar refractivity (Wildman–Crippen MR) is 121 cm³/mol. The number of hydrogen-bond acceptors (Lipinski definition) is 3. The van der Waals surface area contributed by atoms with Gasteiger partial charge in [0.25, 0.3) is 0 Å². The summed E-state index contributed by atoms with van der Waals surface area (Å²) < 4.78 is 22.9. The average Bonchev–Trinajstić information content (AvgIpc) is 2.59. The van der Waals surface area contributed by atoms with Crippen LogP contribution in [-0.4, -0.2) is 30.9 Å². The molecule has 2 unspecified atom stereocenters. The van der Waals surface area contributed by atoms with Crippen LogP contribution in [-0.2, 0) is 13.8 Å². The topological polar surface area (TPSA) is 55.8 Å². The molecule has 0 aliphatic rings. The molecule has 1 N–H and O–H groups in total. The maximum absolute atomic E-state index is 12.6. The van der Waals surface area contributed by atoms with Crippen molar-refractivity contribution in [3.8, 4) is 0 Å². The van der Waals surface area contributed by atoms with Gasteiger partial charge in [-0.15, -0.1) is 0 Å². The van der Waals surface area contributed by atoms with Gasteiger partial charge >= 0.3 is 7.60 Å². The Morgan fingerprint density at radius 1 is 0.964 bits per heavy atom. The molecule has 2 atom stereocenters. The van der Waals surface area contributed by atoms with Gasteiger partial charge in [-0.2, -0.15) is 0 Å². The Labute approximate surface area is 172 Å². The van der Waals surface area contributed by atoms with Gasteiger partial charge in [0.15, 0.2) is 0 Å². The normalized spacial score (nSPS) is 16.6. The maximum atomic E-state index is 12.6. The molecule has 0 saturated heterocycles. The number of hydrogen-bond donors (Lipinski definition) is 1. The zero-order valence-corrected chi connectivity index (χ0v) is 19.9. The number of rotatable bonds is 14. The highest BCUT2D eigenvalue weighted by atomic mass is 31.2. The average molecular weight is 413 g/mol. The summed E-state index contributed by atoms with van der Waals surface area (Å²) in [7, 11) is -2.06. The molecule has 5 heteroatoms. The van der Waals surface area contributed by atoms with Gasteiger partial charge in [-0.3, -0.25) is 4.57 Å². The van der Waals surface area contributed by atoms with Gasteiger partial charge < -0.3 is 14.2 Å². The zero-order valence-electron chi connectivity index (χ0n) is 19.0. The van der Waals surface area contributed by atoms with Crippen molar-refractivity contribution in [3.63, 3.8) is 0 Å². The smallest absolute Gasteiger partial charge is 0.335 e. The van der Waals surface area contributed by atoms with Crippen LogP contribution in [0.1, 0.15) is 73.6 Å². The van der Waals surface area contributed by atoms with E-state index in [1.165, 1.54) is 11.1 Å². The molecule has 28 heavy (non-hydrogen) atoms. The minimum absolute atomic E-state index is 0.228. The second-order valence-corrected chi connectivity index (χ2v) is 9.73. The van der Waals surface area contributed by atoms with Crippen LogP contribution < -0.4 is 0 Å². The molecule has 0 amide bonds. The van der Waals surface area contributed by atoms with E-state index in [9.17, 15) is 9.46 Å². The molecule has 162 valence electrons. The molecule has 0 heterocycles. The first kappa shape index (κ1) is 27.1. The molecule has 0 aliphatic carbocycles. The van der Waals surface area contributed by atoms with E-state index in [2.05, 4.69) is 32.9 Å². The van der Waals surface area contributed by atoms with E-state index in [1.54, 1.807) is 14.0 Å². The second-order valence-electron chi connectivity index (χ2n) is 7.68. The summed E-state index contributed by atoms with van der Waals surface area (Å²) in [6, 6.07) is 0. The van der Waals surface area contributed by atoms with E-state index in [1.807, 2.05) is 26.0 Å². The highest BCUT2D eigenvalue weighted by Crippen LogP contribution is 2.50. The number of allylic oxidation sites excluding steroid dienone is 7. The molecule has 4 nitrogen and oxygen atoms in total. The van der Waals surface area contributed by atoms with Gasteiger partial charge in [-0.05, 0) is 73.6 Å². The van der Waals surface area contributed by atoms with Crippen molar-refractivity contribution in [2.45, 2.75) is 79.3 Å². The first-order valence-corrected chi connectivity index (χ1v) is 11.8. The van der Waals surface area contributed by atoms with Gasteiger partial charge in [-0.1, -0.05) is 46.6 Å². The molecule has 0 fully saturated rings. The fraction of sp³-hybridized carbons (Fsp3) is 0.652. The van der Waals surface area contributed by atoms with Gasteiger partial charge in [0.05, 0.1) is 18.9 Å². The summed E-state index contributed by atoms with van der Waals surface area (Å²) in [5.41, 5.74) is 4.37. The maximum Gasteiger partial charge on any atom is 0.335 e. The quantitative estimate of drug-likeness (QED) is 0.247. The largest absolute Gasteiger partial charge is 0.381 e. The Kier molecular flexibility index (Phi) is 14.5. The third kappa shape index (κ3) is 13.3. The Morgan fingerprint density at radius 3 is 2.14 bits per heavy atom. The van der Waals surface area contributed by atoms with Crippen LogP contribution in [0.15, 0.2) is 46.6 Å². The van der Waals surface area contributed by atoms with Crippen LogP contribution in [0.5, 0.6) is 0 Å². The molecular weight excluding hydrogens is 371 g/mol. The van der Waals surface area contributed by atoms with Gasteiger partial charge in [0, 0.05) is 7.11 Å². The van der Waals surface area contributed by atoms with Crippen molar-refractivity contribution in [1.82, 2.24) is 0 Å². The summed E-state index contributed by atoms with van der Waals surface area (Å²) in [6.45, 7) is 12.9. The predicted octanol–water partition coefficient (Wildman–Crippen LogP) is 6.98. The van der Waals surface area contributed by atoms with Gasteiger partial charge in [-0.25, -0.2) is 0 Å². The minimum Gasteiger partial charge on any atom is -0.381 e. The Morgan fingerprint density at radius 2 is 1.57 bits per heavy atom. The monoisotopic (exact) mass is 412 g/mol. The highest BCUT2D eigenvalue weighted by Gasteiger charge is 2.30. The molecular formula is C23H41O4P. The molecule has 0 rings (SSSR count). The lowest BCUT2D eigenvalue weighted by Gasteiger charge is -2.21. The van der Waals surface area contributed by atoms with Gasteiger partial charge in [0.2, 0.25) is 0 Å². The summed E-state index contributed by atoms with van der Waals surface area (Å²) in [5.74, 6) is 0. The van der Waals surface area contributed by atoms with Crippen LogP contribution >= 0.6 is 7.60 Å². The van der Waals surface area contributed by atoms with Crippen molar-refractivity contribution >= 4 is 7.60 Å². The SMILES string of the molecule is CCOP(=O)(O)C(C=C(C)CCC=C(C)CCC=C(C)C)CC(C)=CCOC. The summed E-state index contributed by atoms with van der Waals surface area (Å²) in [5, 5.41) is 0. The van der Waals surface area contributed by atoms with Crippen molar-refractivity contribution in [1.29, 1.82) is 0 Å². The molecule has 0 aromatic heterocycles. The fourth-order valence-electron chi connectivity index (χ4n) is 2.84. The molecule has 0 spiro atoms. The summed E-state index contributed by atoms with van der Waals surface area (Å²) in [6.07, 6.45) is 12.9. The van der Waals surface area contributed by atoms with Crippen LogP contribution in [0.4, 0.5) is 0 Å². The highest BCUT2D eigenvalue weighted by molar-refractivity contribution is 7.53. The van der Waals surface area contributed by atoms with E-state index >= 15 is 0 Å². The van der Waals surface area contributed by atoms with Crippen molar-refractivity contribution in [2.24, 2.45) is 0 Å². The first-order chi connectivity index (χ1) is 13.1. The van der Waals surface area contributed by atoms with E-state index in [-0.39, 0.29) is 6.61 Å². The molecule has 0 radical (unpaired) electrons. The van der Waals surface area contributed by atoms with Crippen LogP contribution in [0.2, 0.25) is 0 Å². The number of methoxy groups -OCH3 is 1. The zero-order chi connectivity index (χ0) is 21.6. The number of ether oxygens (including phenoxy) is 1. The molecule has 0 bridgehead atoms. The third-order valence-corrected chi connectivity index (χ3v) is 6.26. The van der Waals surface area contributed by atoms with Crippen LogP contribution in [0.25, 0.3) is 0 Å². The summed E-state index contributed by atoms with van der Waals surface area (Å²) >= 11 is 0. The fourth-order valence-corrected chi connectivity index (χ4v) is 4.36. The standard InChI is InChI=1S/C23H41O4P/c1-8-27-28(24,25)23(18-22(6)15-16-26-7)17-21(5)14-10-13-20(4)12-9-11-19(2)3/h11,13,15,17,23H,8-10,12,14,16,18H2,1-7H3,(H,24,25). The van der Waals surface area contributed by atoms with E-state index in [4.69, 9.17) is 9.26 Å². The van der Waals surface area contributed by atoms with E-state index in [0.717, 1.165) is 36.8 Å². The molecule has 0 saturated carbocycles. The van der Waals surface area contributed by atoms with Crippen LogP contribution in [0.3, 0.4) is 0 Å². The van der Waals surface area contributed by atoms with Gasteiger partial charge in [0.1, 0.15) is 0 Å². The lowest BCUT2D eigenvalue weighted by molar-refractivity contribution is 0.233. The van der Waals surface area contributed by atoms with Crippen molar-refractivity contribution in [2.75, 3.05) is 20.3 Å². The van der Waals surface area contributed by atoms with E-state index < -0.39 is 13.3 Å². The van der Waals surface area contributed by atoms with Crippen molar-refractivity contribution < 1.29 is 18.7 Å². The molecule has 0 aliphatic heterocycles. The van der Waals surface area contributed by atoms with Crippen LogP contribution in [0, 0.1) is 0 Å². The van der Waals surface area contributed by atoms with E-state index in [0.29, 0.717) is 13.0 Å².